The molecule has 3 amide bonds. The molecule has 0 aromatic heterocycles. The molecule has 2 saturated heterocycles. The van der Waals surface area contributed by atoms with Crippen LogP contribution in [0.25, 0.3) is 0 Å². The molecule has 5 atom stereocenters. The van der Waals surface area contributed by atoms with Crippen LogP contribution < -0.4 is 16.0 Å². The van der Waals surface area contributed by atoms with Crippen LogP contribution in [0.2, 0.25) is 0 Å². The molecule has 4 N–H and O–H groups in total. The summed E-state index contributed by atoms with van der Waals surface area (Å²) in [4.78, 5) is 23.6. The van der Waals surface area contributed by atoms with Crippen molar-refractivity contribution < 1.29 is 24.2 Å². The number of aliphatic hydroxyl groups excluding tert-OH is 1. The maximum atomic E-state index is 11.9. The minimum atomic E-state index is -0.787. The first-order chi connectivity index (χ1) is 12.1. The SMILES string of the molecule is O=C(C[C@@H]1C[C@H]2O[C@H](CNC(=O)NC3CCC3)[C@@H](O)[C@H]2O1)NC1CC1. The summed E-state index contributed by atoms with van der Waals surface area (Å²) >= 11 is 0. The van der Waals surface area contributed by atoms with E-state index in [1.807, 2.05) is 0 Å². The highest BCUT2D eigenvalue weighted by molar-refractivity contribution is 5.77. The maximum Gasteiger partial charge on any atom is 0.315 e. The van der Waals surface area contributed by atoms with Gasteiger partial charge >= 0.3 is 6.03 Å². The molecule has 2 saturated carbocycles. The topological polar surface area (TPSA) is 109 Å². The van der Waals surface area contributed by atoms with Gasteiger partial charge in [-0.25, -0.2) is 4.79 Å². The number of hydrogen-bond donors (Lipinski definition) is 4. The Morgan fingerprint density at radius 2 is 1.80 bits per heavy atom. The zero-order valence-corrected chi connectivity index (χ0v) is 14.3. The van der Waals surface area contributed by atoms with Crippen molar-refractivity contribution in [1.29, 1.82) is 0 Å². The van der Waals surface area contributed by atoms with Crippen molar-refractivity contribution in [3.63, 3.8) is 0 Å². The van der Waals surface area contributed by atoms with Crippen molar-refractivity contribution in [3.8, 4) is 0 Å². The Morgan fingerprint density at radius 3 is 2.44 bits per heavy atom. The zero-order valence-electron chi connectivity index (χ0n) is 14.3. The minimum absolute atomic E-state index is 0.00726. The number of carbonyl (C=O) groups is 2. The molecule has 4 aliphatic rings. The van der Waals surface area contributed by atoms with Crippen LogP contribution >= 0.6 is 0 Å². The summed E-state index contributed by atoms with van der Waals surface area (Å²) in [6, 6.07) is 0.407. The van der Waals surface area contributed by atoms with Gasteiger partial charge in [0.1, 0.15) is 18.3 Å². The Kier molecular flexibility index (Phi) is 4.84. The second-order valence-corrected chi connectivity index (χ2v) is 7.69. The van der Waals surface area contributed by atoms with Crippen molar-refractivity contribution in [3.05, 3.63) is 0 Å². The van der Waals surface area contributed by atoms with Gasteiger partial charge in [-0.1, -0.05) is 0 Å². The fourth-order valence-corrected chi connectivity index (χ4v) is 3.71. The predicted molar refractivity (Wildman–Crippen MR) is 87.9 cm³/mol. The lowest BCUT2D eigenvalue weighted by Gasteiger charge is -2.27. The summed E-state index contributed by atoms with van der Waals surface area (Å²) in [5.74, 6) is 0.00726. The fraction of sp³-hybridized carbons (Fsp3) is 0.882. The van der Waals surface area contributed by atoms with E-state index in [9.17, 15) is 14.7 Å². The second-order valence-electron chi connectivity index (χ2n) is 7.69. The third-order valence-corrected chi connectivity index (χ3v) is 5.54. The smallest absolute Gasteiger partial charge is 0.315 e. The van der Waals surface area contributed by atoms with Gasteiger partial charge in [0.25, 0.3) is 0 Å². The molecule has 0 spiro atoms. The number of fused-ring (bicyclic) bond motifs is 1. The van der Waals surface area contributed by atoms with Gasteiger partial charge in [0.05, 0.1) is 18.6 Å². The summed E-state index contributed by atoms with van der Waals surface area (Å²) in [6.45, 7) is 0.253. The van der Waals surface area contributed by atoms with E-state index in [1.54, 1.807) is 0 Å². The van der Waals surface area contributed by atoms with Crippen LogP contribution in [0.5, 0.6) is 0 Å². The standard InChI is InChI=1S/C17H27N3O5/c21-14(19-10-4-5-10)7-11-6-12-16(24-11)15(22)13(25-12)8-18-17(23)20-9-2-1-3-9/h9-13,15-16,22H,1-8H2,(H,19,21)(H2,18,20,23)/t11-,12+,13+,15+,16-/m0/s1. The van der Waals surface area contributed by atoms with E-state index in [4.69, 9.17) is 9.47 Å². The molecule has 0 aromatic carbocycles. The summed E-state index contributed by atoms with van der Waals surface area (Å²) in [6.07, 6.45) is 4.17. The first-order valence-corrected chi connectivity index (χ1v) is 9.41. The molecular formula is C17H27N3O5. The Morgan fingerprint density at radius 1 is 1.04 bits per heavy atom. The summed E-state index contributed by atoms with van der Waals surface area (Å²) in [5.41, 5.74) is 0. The van der Waals surface area contributed by atoms with Crippen molar-refractivity contribution in [2.24, 2.45) is 0 Å². The van der Waals surface area contributed by atoms with Crippen LogP contribution in [0, 0.1) is 0 Å². The van der Waals surface area contributed by atoms with Gasteiger partial charge in [-0.05, 0) is 32.1 Å². The molecule has 0 aromatic rings. The first-order valence-electron chi connectivity index (χ1n) is 9.41. The van der Waals surface area contributed by atoms with Crippen LogP contribution in [-0.4, -0.2) is 66.2 Å². The number of urea groups is 1. The van der Waals surface area contributed by atoms with Gasteiger partial charge in [-0.15, -0.1) is 0 Å². The lowest BCUT2D eigenvalue weighted by molar-refractivity contribution is -0.124. The number of hydrogen-bond acceptors (Lipinski definition) is 5. The van der Waals surface area contributed by atoms with Gasteiger partial charge < -0.3 is 30.5 Å². The summed E-state index contributed by atoms with van der Waals surface area (Å²) < 4.78 is 11.7. The molecule has 2 aliphatic heterocycles. The molecule has 0 radical (unpaired) electrons. The summed E-state index contributed by atoms with van der Waals surface area (Å²) in [7, 11) is 0. The van der Waals surface area contributed by atoms with Gasteiger partial charge in [0.2, 0.25) is 5.91 Å². The molecule has 0 bridgehead atoms. The Labute approximate surface area is 147 Å². The average Bonchev–Trinajstić information content (AvgIpc) is 3.17. The normalized spacial score (nSPS) is 37.2. The first kappa shape index (κ1) is 17.1. The number of aliphatic hydroxyl groups is 1. The lowest BCUT2D eigenvalue weighted by Crippen LogP contribution is -2.48. The number of ether oxygens (including phenoxy) is 2. The third-order valence-electron chi connectivity index (χ3n) is 5.54. The molecule has 0 unspecified atom stereocenters. The number of nitrogens with one attached hydrogen (secondary N) is 3. The van der Waals surface area contributed by atoms with Crippen molar-refractivity contribution in [2.75, 3.05) is 6.54 Å². The van der Waals surface area contributed by atoms with Crippen molar-refractivity contribution in [1.82, 2.24) is 16.0 Å². The van der Waals surface area contributed by atoms with E-state index in [0.717, 1.165) is 32.1 Å². The number of rotatable bonds is 6. The molecule has 8 nitrogen and oxygen atoms in total. The average molecular weight is 353 g/mol. The molecule has 4 fully saturated rings. The largest absolute Gasteiger partial charge is 0.388 e. The monoisotopic (exact) mass is 353 g/mol. The van der Waals surface area contributed by atoms with E-state index in [-0.39, 0.29) is 36.7 Å². The third kappa shape index (κ3) is 4.07. The highest BCUT2D eigenvalue weighted by atomic mass is 16.6. The molecule has 2 aliphatic carbocycles. The van der Waals surface area contributed by atoms with Crippen LogP contribution in [0.3, 0.4) is 0 Å². The van der Waals surface area contributed by atoms with E-state index in [2.05, 4.69) is 16.0 Å². The fourth-order valence-electron chi connectivity index (χ4n) is 3.71. The second kappa shape index (κ2) is 7.09. The molecule has 140 valence electrons. The van der Waals surface area contributed by atoms with E-state index >= 15 is 0 Å². The molecule has 25 heavy (non-hydrogen) atoms. The minimum Gasteiger partial charge on any atom is -0.388 e. The molecule has 4 rings (SSSR count). The van der Waals surface area contributed by atoms with E-state index in [1.165, 1.54) is 0 Å². The van der Waals surface area contributed by atoms with Crippen molar-refractivity contribution >= 4 is 11.9 Å². The Hall–Kier alpha value is -1.38. The van der Waals surface area contributed by atoms with Gasteiger partial charge in [-0.3, -0.25) is 4.79 Å². The van der Waals surface area contributed by atoms with Crippen LogP contribution in [-0.2, 0) is 14.3 Å². The highest BCUT2D eigenvalue weighted by Gasteiger charge is 2.50. The zero-order chi connectivity index (χ0) is 17.4. The van der Waals surface area contributed by atoms with Crippen LogP contribution in [0.1, 0.15) is 44.9 Å². The Balaban J connectivity index is 1.18. The summed E-state index contributed by atoms with van der Waals surface area (Å²) in [5, 5.41) is 19.0. The van der Waals surface area contributed by atoms with E-state index in [0.29, 0.717) is 18.9 Å². The van der Waals surface area contributed by atoms with Gasteiger partial charge in [-0.2, -0.15) is 0 Å². The number of amides is 3. The molecule has 8 heteroatoms. The quantitative estimate of drug-likeness (QED) is 0.528. The predicted octanol–water partition coefficient (Wildman–Crippen LogP) is -0.207. The molecule has 2 heterocycles. The highest BCUT2D eigenvalue weighted by Crippen LogP contribution is 2.35. The van der Waals surface area contributed by atoms with Crippen molar-refractivity contribution in [2.45, 2.75) is 87.5 Å². The van der Waals surface area contributed by atoms with Crippen LogP contribution in [0.4, 0.5) is 4.79 Å². The number of carbonyl (C=O) groups excluding carboxylic acids is 2. The van der Waals surface area contributed by atoms with Crippen LogP contribution in [0.15, 0.2) is 0 Å². The molecular weight excluding hydrogens is 326 g/mol. The van der Waals surface area contributed by atoms with E-state index < -0.39 is 18.3 Å². The Bertz CT molecular complexity index is 522. The maximum absolute atomic E-state index is 11.9. The van der Waals surface area contributed by atoms with Gasteiger partial charge in [0, 0.05) is 25.0 Å². The van der Waals surface area contributed by atoms with Gasteiger partial charge in [0.15, 0.2) is 0 Å². The lowest BCUT2D eigenvalue weighted by atomic mass is 9.93.